The summed E-state index contributed by atoms with van der Waals surface area (Å²) < 4.78 is 5.32. The molecule has 1 aliphatic heterocycles. The third-order valence-electron chi connectivity index (χ3n) is 4.39. The Hall–Kier alpha value is -2.93. The maximum Gasteiger partial charge on any atom is 0.254 e. The lowest BCUT2D eigenvalue weighted by molar-refractivity contribution is -0.128. The maximum absolute atomic E-state index is 12.8. The Balaban J connectivity index is 1.83. The molecule has 2 aromatic rings. The van der Waals surface area contributed by atoms with Crippen LogP contribution in [-0.2, 0) is 4.79 Å². The van der Waals surface area contributed by atoms with Crippen LogP contribution in [0.15, 0.2) is 42.6 Å². The highest BCUT2D eigenvalue weighted by Gasteiger charge is 2.32. The molecule has 0 radical (unpaired) electrons. The van der Waals surface area contributed by atoms with E-state index in [9.17, 15) is 14.7 Å². The van der Waals surface area contributed by atoms with Crippen molar-refractivity contribution in [3.8, 4) is 17.0 Å². The molecule has 1 aromatic carbocycles. The highest BCUT2D eigenvalue weighted by atomic mass is 16.5. The molecular formula is C19H21N3O4. The monoisotopic (exact) mass is 355 g/mol. The second-order valence-corrected chi connectivity index (χ2v) is 5.95. The number of amides is 2. The lowest BCUT2D eigenvalue weighted by Crippen LogP contribution is -2.57. The Kier molecular flexibility index (Phi) is 5.48. The number of nitrogens with zero attached hydrogens (tertiary/aromatic N) is 2. The summed E-state index contributed by atoms with van der Waals surface area (Å²) in [7, 11) is 1.58. The van der Waals surface area contributed by atoms with E-state index in [1.165, 1.54) is 4.90 Å². The summed E-state index contributed by atoms with van der Waals surface area (Å²) in [5.41, 5.74) is 2.02. The highest BCUT2D eigenvalue weighted by molar-refractivity contribution is 5.98. The minimum atomic E-state index is -0.642. The van der Waals surface area contributed by atoms with Crippen LogP contribution in [0.5, 0.6) is 5.75 Å². The van der Waals surface area contributed by atoms with E-state index >= 15 is 0 Å². The number of carbonyl (C=O) groups excluding carboxylic acids is 2. The second-order valence-electron chi connectivity index (χ2n) is 5.95. The Labute approximate surface area is 151 Å². The molecule has 0 unspecified atom stereocenters. The largest absolute Gasteiger partial charge is 0.494 e. The van der Waals surface area contributed by atoms with Crippen LogP contribution in [0.25, 0.3) is 11.3 Å². The van der Waals surface area contributed by atoms with Crippen LogP contribution in [0.3, 0.4) is 0 Å². The molecule has 1 aromatic heterocycles. The molecule has 1 saturated heterocycles. The number of ether oxygens (including phenoxy) is 1. The van der Waals surface area contributed by atoms with E-state index in [0.29, 0.717) is 30.1 Å². The number of nitrogens with one attached hydrogen (secondary N) is 1. The van der Waals surface area contributed by atoms with Gasteiger partial charge in [0, 0.05) is 37.0 Å². The summed E-state index contributed by atoms with van der Waals surface area (Å²) in [5.74, 6) is 0.202. The number of aromatic nitrogens is 1. The zero-order valence-electron chi connectivity index (χ0n) is 14.5. The fraction of sp³-hybridized carbons (Fsp3) is 0.316. The molecule has 1 fully saturated rings. The fourth-order valence-electron chi connectivity index (χ4n) is 3.08. The van der Waals surface area contributed by atoms with Crippen LogP contribution in [0.2, 0.25) is 0 Å². The molecule has 7 nitrogen and oxygen atoms in total. The Morgan fingerprint density at radius 1 is 1.35 bits per heavy atom. The zero-order chi connectivity index (χ0) is 18.5. The Morgan fingerprint density at radius 2 is 2.12 bits per heavy atom. The van der Waals surface area contributed by atoms with E-state index in [2.05, 4.69) is 10.3 Å². The molecule has 0 aliphatic carbocycles. The number of carbonyl (C=O) groups is 2. The number of piperazine rings is 1. The third-order valence-corrected chi connectivity index (χ3v) is 4.39. The van der Waals surface area contributed by atoms with Crippen molar-refractivity contribution in [2.45, 2.75) is 12.5 Å². The minimum Gasteiger partial charge on any atom is -0.494 e. The molecule has 1 aliphatic rings. The van der Waals surface area contributed by atoms with Gasteiger partial charge in [-0.05, 0) is 30.7 Å². The van der Waals surface area contributed by atoms with Gasteiger partial charge in [0.25, 0.3) is 5.91 Å². The quantitative estimate of drug-likeness (QED) is 0.837. The van der Waals surface area contributed by atoms with Crippen LogP contribution < -0.4 is 10.1 Å². The summed E-state index contributed by atoms with van der Waals surface area (Å²) in [6, 6.07) is 10.0. The van der Waals surface area contributed by atoms with Gasteiger partial charge in [0.1, 0.15) is 17.5 Å². The summed E-state index contributed by atoms with van der Waals surface area (Å²) in [6.07, 6.45) is 1.91. The number of benzene rings is 1. The van der Waals surface area contributed by atoms with Crippen LogP contribution in [0, 0.1) is 0 Å². The summed E-state index contributed by atoms with van der Waals surface area (Å²) in [5, 5.41) is 11.9. The molecule has 136 valence electrons. The minimum absolute atomic E-state index is 0.153. The summed E-state index contributed by atoms with van der Waals surface area (Å²) in [6.45, 7) is 0.682. The predicted octanol–water partition coefficient (Wildman–Crippen LogP) is 1.08. The Bertz CT molecular complexity index is 792. The van der Waals surface area contributed by atoms with E-state index in [1.807, 2.05) is 18.2 Å². The number of aliphatic hydroxyl groups excluding tert-OH is 1. The average Bonchev–Trinajstić information content (AvgIpc) is 2.69. The number of hydrogen-bond acceptors (Lipinski definition) is 5. The number of pyridine rings is 1. The van der Waals surface area contributed by atoms with E-state index in [-0.39, 0.29) is 24.8 Å². The first-order valence-electron chi connectivity index (χ1n) is 8.44. The predicted molar refractivity (Wildman–Crippen MR) is 95.8 cm³/mol. The van der Waals surface area contributed by atoms with Crippen molar-refractivity contribution in [3.63, 3.8) is 0 Å². The number of hydrogen-bond donors (Lipinski definition) is 2. The molecule has 2 heterocycles. The van der Waals surface area contributed by atoms with Crippen molar-refractivity contribution in [1.29, 1.82) is 0 Å². The molecule has 3 rings (SSSR count). The van der Waals surface area contributed by atoms with Gasteiger partial charge in [0.2, 0.25) is 5.91 Å². The lowest BCUT2D eigenvalue weighted by Gasteiger charge is -2.34. The first kappa shape index (κ1) is 17.9. The number of aliphatic hydroxyl groups is 1. The first-order valence-corrected chi connectivity index (χ1v) is 8.44. The van der Waals surface area contributed by atoms with E-state index in [1.54, 1.807) is 31.5 Å². The SMILES string of the molecule is COc1cccnc1-c1ccc(C(=O)N2CCNC(=O)[C@@H]2CCO)cc1. The van der Waals surface area contributed by atoms with Crippen molar-refractivity contribution in [2.24, 2.45) is 0 Å². The fourth-order valence-corrected chi connectivity index (χ4v) is 3.08. The van der Waals surface area contributed by atoms with Crippen LogP contribution in [-0.4, -0.2) is 59.7 Å². The average molecular weight is 355 g/mol. The second kappa shape index (κ2) is 7.97. The third kappa shape index (κ3) is 3.52. The Morgan fingerprint density at radius 3 is 2.81 bits per heavy atom. The van der Waals surface area contributed by atoms with Crippen LogP contribution in [0.1, 0.15) is 16.8 Å². The van der Waals surface area contributed by atoms with Crippen molar-refractivity contribution >= 4 is 11.8 Å². The molecule has 26 heavy (non-hydrogen) atoms. The first-order chi connectivity index (χ1) is 12.7. The van der Waals surface area contributed by atoms with Crippen molar-refractivity contribution in [3.05, 3.63) is 48.2 Å². The lowest BCUT2D eigenvalue weighted by atomic mass is 10.0. The van der Waals surface area contributed by atoms with E-state index < -0.39 is 6.04 Å². The van der Waals surface area contributed by atoms with Crippen LogP contribution >= 0.6 is 0 Å². The van der Waals surface area contributed by atoms with Gasteiger partial charge in [0.05, 0.1) is 7.11 Å². The molecule has 2 amide bonds. The summed E-state index contributed by atoms with van der Waals surface area (Å²) in [4.78, 5) is 30.7. The van der Waals surface area contributed by atoms with Gasteiger partial charge in [-0.3, -0.25) is 14.6 Å². The van der Waals surface area contributed by atoms with E-state index in [4.69, 9.17) is 4.74 Å². The molecule has 1 atom stereocenters. The van der Waals surface area contributed by atoms with Gasteiger partial charge in [0.15, 0.2) is 0 Å². The van der Waals surface area contributed by atoms with Gasteiger partial charge in [-0.2, -0.15) is 0 Å². The molecule has 7 heteroatoms. The van der Waals surface area contributed by atoms with Gasteiger partial charge in [-0.1, -0.05) is 12.1 Å². The molecular weight excluding hydrogens is 334 g/mol. The molecule has 0 bridgehead atoms. The molecule has 2 N–H and O–H groups in total. The van der Waals surface area contributed by atoms with Gasteiger partial charge >= 0.3 is 0 Å². The molecule has 0 spiro atoms. The van der Waals surface area contributed by atoms with Crippen molar-refractivity contribution in [1.82, 2.24) is 15.2 Å². The smallest absolute Gasteiger partial charge is 0.254 e. The highest BCUT2D eigenvalue weighted by Crippen LogP contribution is 2.27. The normalized spacial score (nSPS) is 16.9. The van der Waals surface area contributed by atoms with Crippen molar-refractivity contribution < 1.29 is 19.4 Å². The van der Waals surface area contributed by atoms with E-state index in [0.717, 1.165) is 5.56 Å². The zero-order valence-corrected chi connectivity index (χ0v) is 14.5. The molecule has 0 saturated carbocycles. The van der Waals surface area contributed by atoms with Gasteiger partial charge in [-0.25, -0.2) is 0 Å². The van der Waals surface area contributed by atoms with Crippen molar-refractivity contribution in [2.75, 3.05) is 26.8 Å². The summed E-state index contributed by atoms with van der Waals surface area (Å²) >= 11 is 0. The van der Waals surface area contributed by atoms with Crippen LogP contribution in [0.4, 0.5) is 0 Å². The standard InChI is InChI=1S/C19H21N3O4/c1-26-16-3-2-9-20-17(16)13-4-6-14(7-5-13)19(25)22-11-10-21-18(24)15(22)8-12-23/h2-7,9,15,23H,8,10-12H2,1H3,(H,21,24)/t15-/m0/s1. The topological polar surface area (TPSA) is 91.8 Å². The number of methoxy groups -OCH3 is 1. The van der Waals surface area contributed by atoms with Gasteiger partial charge < -0.3 is 20.1 Å². The maximum atomic E-state index is 12.8. The van der Waals surface area contributed by atoms with Gasteiger partial charge in [-0.15, -0.1) is 0 Å². The number of rotatable bonds is 5.